The molecule has 0 aliphatic carbocycles. The Kier molecular flexibility index (Phi) is 6.58. The fourth-order valence-corrected chi connectivity index (χ4v) is 2.22. The van der Waals surface area contributed by atoms with Crippen molar-refractivity contribution >= 4 is 8.60 Å². The lowest BCUT2D eigenvalue weighted by Gasteiger charge is -2.19. The van der Waals surface area contributed by atoms with Crippen LogP contribution in [-0.2, 0) is 13.6 Å². The minimum Gasteiger partial charge on any atom is -0.313 e. The van der Waals surface area contributed by atoms with E-state index in [1.54, 1.807) is 0 Å². The summed E-state index contributed by atoms with van der Waals surface area (Å²) in [6.45, 7) is 7.08. The molecular formula is C12H19O3P. The molecule has 0 aliphatic heterocycles. The van der Waals surface area contributed by atoms with Crippen LogP contribution in [0.15, 0.2) is 30.3 Å². The fourth-order valence-electron chi connectivity index (χ4n) is 1.22. The van der Waals surface area contributed by atoms with E-state index in [4.69, 9.17) is 13.6 Å². The molecule has 0 N–H and O–H groups in total. The smallest absolute Gasteiger partial charge is 0.313 e. The van der Waals surface area contributed by atoms with E-state index in [1.807, 2.05) is 51.1 Å². The van der Waals surface area contributed by atoms with E-state index in [-0.39, 0.29) is 6.10 Å². The molecule has 0 spiro atoms. The van der Waals surface area contributed by atoms with Gasteiger partial charge in [0.25, 0.3) is 0 Å². The molecule has 0 saturated heterocycles. The highest BCUT2D eigenvalue weighted by Gasteiger charge is 2.16. The molecule has 16 heavy (non-hydrogen) atoms. The molecule has 4 heteroatoms. The van der Waals surface area contributed by atoms with E-state index in [1.165, 1.54) is 0 Å². The zero-order chi connectivity index (χ0) is 11.8. The van der Waals surface area contributed by atoms with E-state index in [0.717, 1.165) is 5.56 Å². The first-order chi connectivity index (χ1) is 7.77. The molecule has 90 valence electrons. The second-order valence-corrected chi connectivity index (χ2v) is 4.39. The van der Waals surface area contributed by atoms with Crippen molar-refractivity contribution in [1.29, 1.82) is 0 Å². The standard InChI is InChI=1S/C12H19O3P/c1-4-13-16(14-5-2)15-11(3)12-9-7-6-8-10-12/h6-11H,4-5H2,1-3H3. The summed E-state index contributed by atoms with van der Waals surface area (Å²) in [7, 11) is -1.22. The molecule has 0 heterocycles. The summed E-state index contributed by atoms with van der Waals surface area (Å²) >= 11 is 0. The van der Waals surface area contributed by atoms with Crippen molar-refractivity contribution in [2.75, 3.05) is 13.2 Å². The minimum absolute atomic E-state index is 0.00888. The predicted molar refractivity (Wildman–Crippen MR) is 66.1 cm³/mol. The zero-order valence-corrected chi connectivity index (χ0v) is 10.9. The van der Waals surface area contributed by atoms with Crippen molar-refractivity contribution in [3.63, 3.8) is 0 Å². The van der Waals surface area contributed by atoms with Crippen molar-refractivity contribution in [1.82, 2.24) is 0 Å². The third kappa shape index (κ3) is 4.58. The van der Waals surface area contributed by atoms with Gasteiger partial charge in [0.05, 0.1) is 19.3 Å². The normalized spacial score (nSPS) is 13.0. The molecule has 1 rings (SSSR count). The Morgan fingerprint density at radius 1 is 1.06 bits per heavy atom. The van der Waals surface area contributed by atoms with E-state index < -0.39 is 8.60 Å². The monoisotopic (exact) mass is 242 g/mol. The first-order valence-electron chi connectivity index (χ1n) is 5.55. The van der Waals surface area contributed by atoms with Gasteiger partial charge >= 0.3 is 8.60 Å². The van der Waals surface area contributed by atoms with Gasteiger partial charge in [0.1, 0.15) is 0 Å². The Morgan fingerprint density at radius 2 is 1.62 bits per heavy atom. The lowest BCUT2D eigenvalue weighted by molar-refractivity contribution is 0.133. The highest BCUT2D eigenvalue weighted by molar-refractivity contribution is 7.41. The van der Waals surface area contributed by atoms with Gasteiger partial charge in [-0.1, -0.05) is 30.3 Å². The number of benzene rings is 1. The number of hydrogen-bond acceptors (Lipinski definition) is 3. The second-order valence-electron chi connectivity index (χ2n) is 3.22. The molecule has 0 aromatic heterocycles. The highest BCUT2D eigenvalue weighted by atomic mass is 31.2. The average Bonchev–Trinajstić information content (AvgIpc) is 2.31. The van der Waals surface area contributed by atoms with Crippen LogP contribution in [0.3, 0.4) is 0 Å². The van der Waals surface area contributed by atoms with Gasteiger partial charge < -0.3 is 13.6 Å². The van der Waals surface area contributed by atoms with E-state index in [2.05, 4.69) is 0 Å². The topological polar surface area (TPSA) is 27.7 Å². The fraction of sp³-hybridized carbons (Fsp3) is 0.500. The maximum atomic E-state index is 5.74. The largest absolute Gasteiger partial charge is 0.333 e. The first-order valence-corrected chi connectivity index (χ1v) is 6.65. The Labute approximate surface area is 98.7 Å². The summed E-state index contributed by atoms with van der Waals surface area (Å²) < 4.78 is 16.5. The van der Waals surface area contributed by atoms with Gasteiger partial charge in [-0.3, -0.25) is 0 Å². The molecule has 0 amide bonds. The number of hydrogen-bond donors (Lipinski definition) is 0. The van der Waals surface area contributed by atoms with Gasteiger partial charge in [-0.15, -0.1) is 0 Å². The van der Waals surface area contributed by atoms with Crippen LogP contribution >= 0.6 is 8.60 Å². The molecule has 1 unspecified atom stereocenters. The van der Waals surface area contributed by atoms with Crippen LogP contribution < -0.4 is 0 Å². The van der Waals surface area contributed by atoms with E-state index in [9.17, 15) is 0 Å². The summed E-state index contributed by atoms with van der Waals surface area (Å²) in [5.74, 6) is 0. The van der Waals surface area contributed by atoms with Crippen LogP contribution in [0.25, 0.3) is 0 Å². The third-order valence-electron chi connectivity index (χ3n) is 1.98. The van der Waals surface area contributed by atoms with E-state index in [0.29, 0.717) is 13.2 Å². The van der Waals surface area contributed by atoms with E-state index >= 15 is 0 Å². The molecule has 0 fully saturated rings. The van der Waals surface area contributed by atoms with Crippen LogP contribution in [0.2, 0.25) is 0 Å². The number of rotatable bonds is 7. The lowest BCUT2D eigenvalue weighted by Crippen LogP contribution is -2.00. The van der Waals surface area contributed by atoms with Gasteiger partial charge in [-0.25, -0.2) is 0 Å². The van der Waals surface area contributed by atoms with Crippen LogP contribution in [0.1, 0.15) is 32.4 Å². The van der Waals surface area contributed by atoms with Crippen molar-refractivity contribution < 1.29 is 13.6 Å². The average molecular weight is 242 g/mol. The summed E-state index contributed by atoms with van der Waals surface area (Å²) in [6, 6.07) is 10.1. The highest BCUT2D eigenvalue weighted by Crippen LogP contribution is 2.44. The summed E-state index contributed by atoms with van der Waals surface area (Å²) in [4.78, 5) is 0. The van der Waals surface area contributed by atoms with Gasteiger partial charge in [0.15, 0.2) is 0 Å². The summed E-state index contributed by atoms with van der Waals surface area (Å²) in [5.41, 5.74) is 1.13. The van der Waals surface area contributed by atoms with Crippen LogP contribution in [0, 0.1) is 0 Å². The maximum Gasteiger partial charge on any atom is 0.333 e. The van der Waals surface area contributed by atoms with Gasteiger partial charge in [-0.05, 0) is 26.3 Å². The zero-order valence-electron chi connectivity index (χ0n) is 10.1. The molecule has 0 saturated carbocycles. The van der Waals surface area contributed by atoms with Gasteiger partial charge in [0, 0.05) is 0 Å². The van der Waals surface area contributed by atoms with Crippen molar-refractivity contribution in [3.05, 3.63) is 35.9 Å². The molecule has 1 aromatic rings. The molecular weight excluding hydrogens is 223 g/mol. The first kappa shape index (κ1) is 13.6. The van der Waals surface area contributed by atoms with Crippen LogP contribution in [0.5, 0.6) is 0 Å². The predicted octanol–water partition coefficient (Wildman–Crippen LogP) is 4.06. The second kappa shape index (κ2) is 7.75. The molecule has 0 aliphatic rings. The summed E-state index contributed by atoms with van der Waals surface area (Å²) in [6.07, 6.45) is -0.00888. The Morgan fingerprint density at radius 3 is 2.12 bits per heavy atom. The quantitative estimate of drug-likeness (QED) is 0.675. The molecule has 0 bridgehead atoms. The SMILES string of the molecule is CCOP(OCC)OC(C)c1ccccc1. The lowest BCUT2D eigenvalue weighted by atomic mass is 10.1. The van der Waals surface area contributed by atoms with Gasteiger partial charge in [-0.2, -0.15) is 0 Å². The summed E-state index contributed by atoms with van der Waals surface area (Å²) in [5, 5.41) is 0. The minimum atomic E-state index is -1.22. The Bertz CT molecular complexity index is 273. The molecule has 1 aromatic carbocycles. The van der Waals surface area contributed by atoms with Crippen LogP contribution in [-0.4, -0.2) is 13.2 Å². The maximum absolute atomic E-state index is 5.74. The van der Waals surface area contributed by atoms with Crippen molar-refractivity contribution in [2.45, 2.75) is 26.9 Å². The van der Waals surface area contributed by atoms with Crippen molar-refractivity contribution in [2.24, 2.45) is 0 Å². The Hall–Kier alpha value is -0.470. The van der Waals surface area contributed by atoms with Gasteiger partial charge in [0.2, 0.25) is 0 Å². The molecule has 1 atom stereocenters. The molecule has 0 radical (unpaired) electrons. The van der Waals surface area contributed by atoms with Crippen LogP contribution in [0.4, 0.5) is 0 Å². The molecule has 3 nitrogen and oxygen atoms in total. The Balaban J connectivity index is 2.50. The van der Waals surface area contributed by atoms with Crippen molar-refractivity contribution in [3.8, 4) is 0 Å². The third-order valence-corrected chi connectivity index (χ3v) is 3.41.